The highest BCUT2D eigenvalue weighted by Crippen LogP contribution is 2.47. The van der Waals surface area contributed by atoms with Crippen molar-refractivity contribution in [3.05, 3.63) is 101 Å². The van der Waals surface area contributed by atoms with Gasteiger partial charge in [-0.25, -0.2) is 0 Å². The molecule has 280 valence electrons. The van der Waals surface area contributed by atoms with Crippen molar-refractivity contribution in [1.82, 2.24) is 10.2 Å². The van der Waals surface area contributed by atoms with Crippen molar-refractivity contribution in [2.75, 3.05) is 39.6 Å². The van der Waals surface area contributed by atoms with Gasteiger partial charge in [0.05, 0.1) is 18.1 Å². The molecule has 1 atom stereocenters. The number of halogens is 1. The Morgan fingerprint density at radius 3 is 2.26 bits per heavy atom. The van der Waals surface area contributed by atoms with Gasteiger partial charge in [0.1, 0.15) is 35.6 Å². The zero-order valence-corrected chi connectivity index (χ0v) is 31.8. The average Bonchev–Trinajstić information content (AvgIpc) is 3.68. The molecule has 13 heteroatoms. The van der Waals surface area contributed by atoms with Crippen molar-refractivity contribution in [3.63, 3.8) is 0 Å². The average molecular weight is 816 g/mol. The van der Waals surface area contributed by atoms with Crippen LogP contribution < -0.4 is 19.5 Å². The first kappa shape index (κ1) is 37.4. The fourth-order valence-electron chi connectivity index (χ4n) is 6.35. The maximum absolute atomic E-state index is 12.9. The van der Waals surface area contributed by atoms with Crippen LogP contribution in [0.25, 0.3) is 20.5 Å². The summed E-state index contributed by atoms with van der Waals surface area (Å²) in [6, 6.07) is 25.6. The summed E-state index contributed by atoms with van der Waals surface area (Å²) in [4.78, 5) is 39.1. The van der Waals surface area contributed by atoms with Crippen molar-refractivity contribution < 1.29 is 43.2 Å². The van der Waals surface area contributed by atoms with Gasteiger partial charge in [-0.1, -0.05) is 28.1 Å². The Kier molecular flexibility index (Phi) is 12.1. The van der Waals surface area contributed by atoms with Crippen LogP contribution in [0, 0.1) is 0 Å². The molecule has 0 bridgehead atoms. The van der Waals surface area contributed by atoms with Crippen molar-refractivity contribution >= 4 is 55.1 Å². The first-order valence-electron chi connectivity index (χ1n) is 17.8. The number of carbonyl (C=O) groups is 3. The van der Waals surface area contributed by atoms with E-state index in [0.717, 1.165) is 42.7 Å². The minimum atomic E-state index is -0.635. The van der Waals surface area contributed by atoms with Crippen LogP contribution in [0.15, 0.2) is 89.4 Å². The van der Waals surface area contributed by atoms with E-state index in [9.17, 15) is 19.5 Å². The number of hydrogen-bond acceptors (Lipinski definition) is 10. The molecule has 1 fully saturated rings. The van der Waals surface area contributed by atoms with E-state index >= 15 is 0 Å². The molecule has 1 unspecified atom stereocenters. The van der Waals surface area contributed by atoms with E-state index in [2.05, 4.69) is 21.2 Å². The normalized spacial score (nSPS) is 15.4. The summed E-state index contributed by atoms with van der Waals surface area (Å²) in [6.07, 6.45) is 2.02. The van der Waals surface area contributed by atoms with Gasteiger partial charge in [0.15, 0.2) is 5.75 Å². The van der Waals surface area contributed by atoms with E-state index in [1.165, 1.54) is 4.90 Å². The van der Waals surface area contributed by atoms with E-state index < -0.39 is 11.9 Å². The summed E-state index contributed by atoms with van der Waals surface area (Å²) in [5.74, 6) is 2.09. The molecule has 11 nitrogen and oxygen atoms in total. The predicted molar refractivity (Wildman–Crippen MR) is 207 cm³/mol. The monoisotopic (exact) mass is 814 g/mol. The number of thiophene rings is 1. The second-order valence-electron chi connectivity index (χ2n) is 12.9. The number of phenolic OH excluding ortho intramolecular Hbond substituents is 1. The lowest BCUT2D eigenvalue weighted by Crippen LogP contribution is -2.52. The predicted octanol–water partition coefficient (Wildman–Crippen LogP) is 7.86. The summed E-state index contributed by atoms with van der Waals surface area (Å²) in [5, 5.41) is 13.3. The van der Waals surface area contributed by atoms with Crippen LogP contribution in [0.2, 0.25) is 0 Å². The van der Waals surface area contributed by atoms with Gasteiger partial charge in [0.2, 0.25) is 11.8 Å². The highest BCUT2D eigenvalue weighted by atomic mass is 79.9. The fourth-order valence-corrected chi connectivity index (χ4v) is 7.79. The Labute approximate surface area is 324 Å². The van der Waals surface area contributed by atoms with Gasteiger partial charge in [-0.2, -0.15) is 0 Å². The molecule has 2 aliphatic heterocycles. The smallest absolute Gasteiger partial charge is 0.255 e. The third-order valence-electron chi connectivity index (χ3n) is 9.05. The number of ether oxygens (including phenoxy) is 5. The summed E-state index contributed by atoms with van der Waals surface area (Å²) >= 11 is 5.08. The van der Waals surface area contributed by atoms with E-state index in [0.29, 0.717) is 81.8 Å². The third kappa shape index (κ3) is 9.04. The number of piperidine rings is 1. The quantitative estimate of drug-likeness (QED) is 0.0711. The summed E-state index contributed by atoms with van der Waals surface area (Å²) in [6.45, 7) is 3.33. The van der Waals surface area contributed by atoms with E-state index in [4.69, 9.17) is 23.7 Å². The van der Waals surface area contributed by atoms with Crippen LogP contribution >= 0.6 is 27.3 Å². The second-order valence-corrected chi connectivity index (χ2v) is 14.8. The van der Waals surface area contributed by atoms with Crippen LogP contribution in [-0.4, -0.2) is 73.4 Å². The minimum Gasteiger partial charge on any atom is -0.508 e. The zero-order valence-electron chi connectivity index (χ0n) is 29.4. The molecule has 0 saturated carbocycles. The SMILES string of the molecule is O=C1CCC(N2Cc3cc(OCCCOCCCOCCOc4ccc(Oc5c(-c6ccc(Br)cc6)sc6cc(O)ccc56)cc4)ccc3C2=O)C(=O)N1. The molecule has 54 heavy (non-hydrogen) atoms. The highest BCUT2D eigenvalue weighted by molar-refractivity contribution is 9.10. The Morgan fingerprint density at radius 2 is 1.48 bits per heavy atom. The van der Waals surface area contributed by atoms with Crippen molar-refractivity contribution in [3.8, 4) is 39.2 Å². The molecule has 7 rings (SSSR count). The number of fused-ring (bicyclic) bond motifs is 2. The van der Waals surface area contributed by atoms with Gasteiger partial charge in [0, 0.05) is 59.3 Å². The van der Waals surface area contributed by atoms with Gasteiger partial charge in [-0.3, -0.25) is 19.7 Å². The van der Waals surface area contributed by atoms with E-state index in [1.54, 1.807) is 35.6 Å². The molecule has 2 N–H and O–H groups in total. The lowest BCUT2D eigenvalue weighted by Gasteiger charge is -2.29. The van der Waals surface area contributed by atoms with E-state index in [-0.39, 0.29) is 24.0 Å². The zero-order chi connectivity index (χ0) is 37.4. The van der Waals surface area contributed by atoms with Crippen molar-refractivity contribution in [1.29, 1.82) is 0 Å². The summed E-state index contributed by atoms with van der Waals surface area (Å²) in [7, 11) is 0. The Balaban J connectivity index is 0.759. The van der Waals surface area contributed by atoms with Gasteiger partial charge in [0.25, 0.3) is 5.91 Å². The van der Waals surface area contributed by atoms with Crippen LogP contribution in [0.4, 0.5) is 0 Å². The lowest BCUT2D eigenvalue weighted by molar-refractivity contribution is -0.136. The molecule has 3 heterocycles. The molecule has 5 aromatic rings. The number of imide groups is 1. The Morgan fingerprint density at radius 1 is 0.778 bits per heavy atom. The molecule has 1 saturated heterocycles. The number of carbonyl (C=O) groups excluding carboxylic acids is 3. The number of aromatic hydroxyl groups is 1. The van der Waals surface area contributed by atoms with Crippen LogP contribution in [0.1, 0.15) is 41.6 Å². The number of phenols is 1. The molecule has 1 aromatic heterocycles. The molecule has 0 aliphatic carbocycles. The number of nitrogens with one attached hydrogen (secondary N) is 1. The standard InChI is InChI=1S/C41H39BrN2O9S/c42-28-5-3-26(4-6-28)39-38(34-13-7-29(45)24-36(34)54-39)53-31-10-8-30(9-11-31)52-22-21-50-18-1-17-49-19-2-20-51-32-12-14-33-27(23-32)25-44(41(33)48)35-15-16-37(46)43-40(35)47/h3-14,23-24,35,45H,1-2,15-22,25H2,(H,43,46,47). The number of hydrogen-bond donors (Lipinski definition) is 2. The second kappa shape index (κ2) is 17.5. The van der Waals surface area contributed by atoms with Gasteiger partial charge < -0.3 is 33.7 Å². The third-order valence-corrected chi connectivity index (χ3v) is 10.8. The minimum absolute atomic E-state index is 0.201. The maximum Gasteiger partial charge on any atom is 0.255 e. The fraction of sp³-hybridized carbons (Fsp3) is 0.293. The Bertz CT molecular complexity index is 2120. The first-order valence-corrected chi connectivity index (χ1v) is 19.4. The number of rotatable bonds is 17. The van der Waals surface area contributed by atoms with E-state index in [1.807, 2.05) is 60.7 Å². The lowest BCUT2D eigenvalue weighted by atomic mass is 10.0. The van der Waals surface area contributed by atoms with Crippen LogP contribution in [-0.2, 0) is 25.6 Å². The molecule has 0 radical (unpaired) electrons. The maximum atomic E-state index is 12.9. The van der Waals surface area contributed by atoms with Crippen molar-refractivity contribution in [2.24, 2.45) is 0 Å². The molecule has 3 amide bonds. The molecule has 4 aromatic carbocycles. The molecular weight excluding hydrogens is 776 g/mol. The van der Waals surface area contributed by atoms with Crippen molar-refractivity contribution in [2.45, 2.75) is 38.3 Å². The number of nitrogens with zero attached hydrogens (tertiary/aromatic N) is 1. The van der Waals surface area contributed by atoms with Gasteiger partial charge >= 0.3 is 0 Å². The van der Waals surface area contributed by atoms with Gasteiger partial charge in [-0.15, -0.1) is 11.3 Å². The molecule has 0 spiro atoms. The van der Waals surface area contributed by atoms with Gasteiger partial charge in [-0.05, 0) is 96.8 Å². The van der Waals surface area contributed by atoms with Crippen LogP contribution in [0.5, 0.6) is 28.7 Å². The Hall–Kier alpha value is -4.95. The van der Waals surface area contributed by atoms with Crippen LogP contribution in [0.3, 0.4) is 0 Å². The number of benzene rings is 4. The molecular formula is C41H39BrN2O9S. The number of amides is 3. The largest absolute Gasteiger partial charge is 0.508 e. The summed E-state index contributed by atoms with van der Waals surface area (Å²) in [5.41, 5.74) is 2.40. The highest BCUT2D eigenvalue weighted by Gasteiger charge is 2.39. The topological polar surface area (TPSA) is 133 Å². The summed E-state index contributed by atoms with van der Waals surface area (Å²) < 4.78 is 31.5. The first-order chi connectivity index (χ1) is 26.3. The molecule has 2 aliphatic rings.